The normalized spacial score (nSPS) is 12.4. The quantitative estimate of drug-likeness (QED) is 0.853. The Morgan fingerprint density at radius 2 is 1.70 bits per heavy atom. The van der Waals surface area contributed by atoms with Gasteiger partial charge in [0.05, 0.1) is 11.1 Å². The molecule has 2 aromatic carbocycles. The fourth-order valence-corrected chi connectivity index (χ4v) is 2.39. The van der Waals surface area contributed by atoms with Gasteiger partial charge in [-0.05, 0) is 54.8 Å². The average Bonchev–Trinajstić information content (AvgIpc) is 2.43. The van der Waals surface area contributed by atoms with Crippen molar-refractivity contribution >= 4 is 11.6 Å². The molecule has 0 bridgehead atoms. The molecular formula is C17H19ClFN. The van der Waals surface area contributed by atoms with Crippen molar-refractivity contribution in [3.05, 3.63) is 69.5 Å². The molecule has 0 aliphatic rings. The summed E-state index contributed by atoms with van der Waals surface area (Å²) in [5.41, 5.74) is 4.51. The van der Waals surface area contributed by atoms with Gasteiger partial charge < -0.3 is 5.32 Å². The van der Waals surface area contributed by atoms with Crippen molar-refractivity contribution in [2.45, 2.75) is 26.8 Å². The van der Waals surface area contributed by atoms with Gasteiger partial charge in [-0.25, -0.2) is 4.39 Å². The van der Waals surface area contributed by atoms with Crippen LogP contribution < -0.4 is 5.32 Å². The van der Waals surface area contributed by atoms with Crippen LogP contribution in [-0.2, 0) is 0 Å². The van der Waals surface area contributed by atoms with Crippen molar-refractivity contribution in [3.63, 3.8) is 0 Å². The van der Waals surface area contributed by atoms with E-state index < -0.39 is 0 Å². The Morgan fingerprint density at radius 3 is 2.30 bits per heavy atom. The molecule has 20 heavy (non-hydrogen) atoms. The summed E-state index contributed by atoms with van der Waals surface area (Å²) >= 11 is 5.76. The molecule has 106 valence electrons. The van der Waals surface area contributed by atoms with Gasteiger partial charge in [0.1, 0.15) is 5.82 Å². The predicted octanol–water partition coefficient (Wildman–Crippen LogP) is 4.79. The van der Waals surface area contributed by atoms with Crippen LogP contribution in [-0.4, -0.2) is 6.54 Å². The smallest absolute Gasteiger partial charge is 0.142 e. The number of aryl methyl sites for hydroxylation is 2. The van der Waals surface area contributed by atoms with Crippen molar-refractivity contribution < 1.29 is 4.39 Å². The number of halogens is 2. The summed E-state index contributed by atoms with van der Waals surface area (Å²) in [5.74, 6) is -0.379. The number of hydrogen-bond donors (Lipinski definition) is 1. The van der Waals surface area contributed by atoms with E-state index in [1.165, 1.54) is 17.2 Å². The van der Waals surface area contributed by atoms with Gasteiger partial charge in [-0.1, -0.05) is 42.8 Å². The molecule has 3 heteroatoms. The van der Waals surface area contributed by atoms with Crippen molar-refractivity contribution in [2.75, 3.05) is 6.54 Å². The summed E-state index contributed by atoms with van der Waals surface area (Å²) in [6, 6.07) is 11.3. The minimum Gasteiger partial charge on any atom is -0.307 e. The lowest BCUT2D eigenvalue weighted by atomic mass is 9.95. The molecule has 0 spiro atoms. The summed E-state index contributed by atoms with van der Waals surface area (Å²) in [6.07, 6.45) is 0. The molecule has 0 radical (unpaired) electrons. The Morgan fingerprint density at radius 1 is 1.05 bits per heavy atom. The van der Waals surface area contributed by atoms with E-state index in [1.54, 1.807) is 6.07 Å². The van der Waals surface area contributed by atoms with Crippen LogP contribution in [0.1, 0.15) is 35.2 Å². The van der Waals surface area contributed by atoms with E-state index in [4.69, 9.17) is 11.6 Å². The van der Waals surface area contributed by atoms with Gasteiger partial charge in [0.25, 0.3) is 0 Å². The third kappa shape index (κ3) is 3.20. The van der Waals surface area contributed by atoms with Crippen LogP contribution in [0.4, 0.5) is 4.39 Å². The predicted molar refractivity (Wildman–Crippen MR) is 82.8 cm³/mol. The summed E-state index contributed by atoms with van der Waals surface area (Å²) in [4.78, 5) is 0. The van der Waals surface area contributed by atoms with Crippen molar-refractivity contribution in [3.8, 4) is 0 Å². The monoisotopic (exact) mass is 291 g/mol. The van der Waals surface area contributed by atoms with Crippen LogP contribution in [0, 0.1) is 19.7 Å². The SMILES string of the molecule is CCNC(c1ccc(C)c(C)c1)c1ccc(Cl)c(F)c1. The van der Waals surface area contributed by atoms with Gasteiger partial charge >= 0.3 is 0 Å². The van der Waals surface area contributed by atoms with E-state index in [2.05, 4.69) is 37.4 Å². The van der Waals surface area contributed by atoms with E-state index in [9.17, 15) is 4.39 Å². The summed E-state index contributed by atoms with van der Waals surface area (Å²) in [5, 5.41) is 3.56. The van der Waals surface area contributed by atoms with Gasteiger partial charge in [-0.3, -0.25) is 0 Å². The van der Waals surface area contributed by atoms with Gasteiger partial charge in [0, 0.05) is 0 Å². The van der Waals surface area contributed by atoms with Crippen molar-refractivity contribution in [2.24, 2.45) is 0 Å². The minimum atomic E-state index is -0.379. The second kappa shape index (κ2) is 6.38. The van der Waals surface area contributed by atoms with Crippen LogP contribution in [0.5, 0.6) is 0 Å². The highest BCUT2D eigenvalue weighted by Gasteiger charge is 2.15. The molecule has 1 N–H and O–H groups in total. The van der Waals surface area contributed by atoms with E-state index in [0.717, 1.165) is 17.7 Å². The number of rotatable bonds is 4. The largest absolute Gasteiger partial charge is 0.307 e. The van der Waals surface area contributed by atoms with Crippen molar-refractivity contribution in [1.82, 2.24) is 5.32 Å². The molecule has 0 saturated heterocycles. The van der Waals surface area contributed by atoms with Gasteiger partial charge in [-0.2, -0.15) is 0 Å². The first-order chi connectivity index (χ1) is 9.52. The molecular weight excluding hydrogens is 273 g/mol. The highest BCUT2D eigenvalue weighted by Crippen LogP contribution is 2.26. The molecule has 1 unspecified atom stereocenters. The highest BCUT2D eigenvalue weighted by atomic mass is 35.5. The maximum absolute atomic E-state index is 13.7. The molecule has 0 aliphatic carbocycles. The van der Waals surface area contributed by atoms with Crippen LogP contribution >= 0.6 is 11.6 Å². The van der Waals surface area contributed by atoms with Crippen molar-refractivity contribution in [1.29, 1.82) is 0 Å². The molecule has 0 heterocycles. The Labute approximate surface area is 124 Å². The fourth-order valence-electron chi connectivity index (χ4n) is 2.27. The van der Waals surface area contributed by atoms with Crippen LogP contribution in [0.2, 0.25) is 5.02 Å². The molecule has 1 atom stereocenters. The molecule has 0 aliphatic heterocycles. The fraction of sp³-hybridized carbons (Fsp3) is 0.294. The maximum Gasteiger partial charge on any atom is 0.142 e. The molecule has 2 aromatic rings. The number of nitrogens with one attached hydrogen (secondary N) is 1. The Hall–Kier alpha value is -1.38. The van der Waals surface area contributed by atoms with Crippen LogP contribution in [0.3, 0.4) is 0 Å². The van der Waals surface area contributed by atoms with Gasteiger partial charge in [0.15, 0.2) is 0 Å². The number of benzene rings is 2. The lowest BCUT2D eigenvalue weighted by Crippen LogP contribution is -2.22. The molecule has 0 saturated carbocycles. The number of hydrogen-bond acceptors (Lipinski definition) is 1. The maximum atomic E-state index is 13.7. The van der Waals surface area contributed by atoms with Gasteiger partial charge in [-0.15, -0.1) is 0 Å². The summed E-state index contributed by atoms with van der Waals surface area (Å²) in [6.45, 7) is 7.02. The zero-order valence-corrected chi connectivity index (χ0v) is 12.8. The van der Waals surface area contributed by atoms with E-state index in [-0.39, 0.29) is 16.9 Å². The summed E-state index contributed by atoms with van der Waals surface area (Å²) < 4.78 is 13.7. The third-order valence-corrected chi connectivity index (χ3v) is 3.86. The van der Waals surface area contributed by atoms with Crippen LogP contribution in [0.15, 0.2) is 36.4 Å². The molecule has 0 fully saturated rings. The lowest BCUT2D eigenvalue weighted by molar-refractivity contribution is 0.603. The third-order valence-electron chi connectivity index (χ3n) is 3.55. The Balaban J connectivity index is 2.44. The zero-order chi connectivity index (χ0) is 14.7. The first-order valence-electron chi connectivity index (χ1n) is 6.78. The summed E-state index contributed by atoms with van der Waals surface area (Å²) in [7, 11) is 0. The topological polar surface area (TPSA) is 12.0 Å². The lowest BCUT2D eigenvalue weighted by Gasteiger charge is -2.20. The zero-order valence-electron chi connectivity index (χ0n) is 12.0. The molecule has 1 nitrogen and oxygen atoms in total. The second-order valence-electron chi connectivity index (χ2n) is 5.01. The first kappa shape index (κ1) is 15.0. The molecule has 0 amide bonds. The highest BCUT2D eigenvalue weighted by molar-refractivity contribution is 6.30. The standard InChI is InChI=1S/C17H19ClFN/c1-4-20-17(13-6-5-11(2)12(3)9-13)14-7-8-15(18)16(19)10-14/h5-10,17,20H,4H2,1-3H3. The second-order valence-corrected chi connectivity index (χ2v) is 5.42. The van der Waals surface area contributed by atoms with Crippen LogP contribution in [0.25, 0.3) is 0 Å². The average molecular weight is 292 g/mol. The van der Waals surface area contributed by atoms with E-state index >= 15 is 0 Å². The molecule has 2 rings (SSSR count). The van der Waals surface area contributed by atoms with E-state index in [0.29, 0.717) is 0 Å². The first-order valence-corrected chi connectivity index (χ1v) is 7.16. The Kier molecular flexibility index (Phi) is 4.79. The molecule has 0 aromatic heterocycles. The minimum absolute atomic E-state index is 0.0222. The van der Waals surface area contributed by atoms with E-state index in [1.807, 2.05) is 13.0 Å². The van der Waals surface area contributed by atoms with Gasteiger partial charge in [0.2, 0.25) is 0 Å². The Bertz CT molecular complexity index is 558.